The van der Waals surface area contributed by atoms with E-state index in [4.69, 9.17) is 0 Å². The smallest absolute Gasteiger partial charge is 0.233 e. The van der Waals surface area contributed by atoms with Crippen molar-refractivity contribution < 1.29 is 13.6 Å². The Labute approximate surface area is 142 Å². The van der Waals surface area contributed by atoms with Gasteiger partial charge >= 0.3 is 0 Å². The van der Waals surface area contributed by atoms with Crippen LogP contribution < -0.4 is 4.90 Å². The molecule has 1 fully saturated rings. The predicted molar refractivity (Wildman–Crippen MR) is 87.9 cm³/mol. The van der Waals surface area contributed by atoms with E-state index < -0.39 is 11.6 Å². The maximum atomic E-state index is 13.2. The molecule has 1 aliphatic heterocycles. The van der Waals surface area contributed by atoms with Gasteiger partial charge in [-0.3, -0.25) is 9.78 Å². The number of aromatic nitrogens is 2. The number of halogens is 2. The molecule has 0 saturated carbocycles. The second-order valence-electron chi connectivity index (χ2n) is 5.30. The minimum atomic E-state index is -0.898. The van der Waals surface area contributed by atoms with Gasteiger partial charge in [-0.2, -0.15) is 0 Å². The summed E-state index contributed by atoms with van der Waals surface area (Å²) < 4.78 is 26.1. The molecule has 2 heterocycles. The number of carbonyl (C=O) groups is 1. The number of benzene rings is 1. The lowest BCUT2D eigenvalue weighted by molar-refractivity contribution is -0.128. The van der Waals surface area contributed by atoms with E-state index in [1.165, 1.54) is 17.8 Å². The summed E-state index contributed by atoms with van der Waals surface area (Å²) in [6.07, 6.45) is 4.97. The first kappa shape index (κ1) is 16.6. The summed E-state index contributed by atoms with van der Waals surface area (Å²) >= 11 is 1.21. The van der Waals surface area contributed by atoms with Crippen molar-refractivity contribution in [2.24, 2.45) is 0 Å². The fraction of sp³-hybridized carbons (Fsp3) is 0.312. The standard InChI is InChI=1S/C16H16F2N4OS/c17-13-2-1-12(9-14(13)18)24-11-16(23)22-7-5-21(6-8-22)15-10-19-3-4-20-15/h1-4,9-10H,5-8,11H2. The lowest BCUT2D eigenvalue weighted by atomic mass is 10.3. The zero-order valence-electron chi connectivity index (χ0n) is 12.9. The van der Waals surface area contributed by atoms with E-state index in [-0.39, 0.29) is 11.7 Å². The van der Waals surface area contributed by atoms with Gasteiger partial charge in [0.2, 0.25) is 5.91 Å². The number of hydrogen-bond donors (Lipinski definition) is 0. The molecule has 0 atom stereocenters. The molecule has 1 saturated heterocycles. The molecule has 0 unspecified atom stereocenters. The number of thioether (sulfide) groups is 1. The van der Waals surface area contributed by atoms with E-state index in [1.807, 2.05) is 0 Å². The van der Waals surface area contributed by atoms with Crippen molar-refractivity contribution in [3.05, 3.63) is 48.4 Å². The second kappa shape index (κ2) is 7.57. The molecule has 8 heteroatoms. The van der Waals surface area contributed by atoms with E-state index >= 15 is 0 Å². The van der Waals surface area contributed by atoms with Crippen LogP contribution in [-0.2, 0) is 4.79 Å². The van der Waals surface area contributed by atoms with Crippen LogP contribution in [0.1, 0.15) is 0 Å². The first-order valence-electron chi connectivity index (χ1n) is 7.50. The minimum absolute atomic E-state index is 0.0106. The Morgan fingerprint density at radius 3 is 2.58 bits per heavy atom. The summed E-state index contributed by atoms with van der Waals surface area (Å²) in [6, 6.07) is 3.66. The Morgan fingerprint density at radius 2 is 1.92 bits per heavy atom. The fourth-order valence-electron chi connectivity index (χ4n) is 2.44. The first-order valence-corrected chi connectivity index (χ1v) is 8.48. The molecule has 24 heavy (non-hydrogen) atoms. The molecule has 5 nitrogen and oxygen atoms in total. The Balaban J connectivity index is 1.49. The van der Waals surface area contributed by atoms with Crippen LogP contribution in [0.15, 0.2) is 41.7 Å². The molecular formula is C16H16F2N4OS. The predicted octanol–water partition coefficient (Wildman–Crippen LogP) is 2.20. The summed E-state index contributed by atoms with van der Waals surface area (Å²) in [5.74, 6) is -0.781. The Kier molecular flexibility index (Phi) is 5.24. The highest BCUT2D eigenvalue weighted by atomic mass is 32.2. The number of rotatable bonds is 4. The largest absolute Gasteiger partial charge is 0.352 e. The highest BCUT2D eigenvalue weighted by Crippen LogP contribution is 2.21. The minimum Gasteiger partial charge on any atom is -0.352 e. The van der Waals surface area contributed by atoms with Crippen LogP contribution >= 0.6 is 11.8 Å². The number of anilines is 1. The maximum Gasteiger partial charge on any atom is 0.233 e. The lowest BCUT2D eigenvalue weighted by Crippen LogP contribution is -2.49. The van der Waals surface area contributed by atoms with Crippen molar-refractivity contribution >= 4 is 23.5 Å². The number of hydrogen-bond acceptors (Lipinski definition) is 5. The van der Waals surface area contributed by atoms with E-state index in [1.54, 1.807) is 23.5 Å². The monoisotopic (exact) mass is 350 g/mol. The van der Waals surface area contributed by atoms with Crippen LogP contribution in [0, 0.1) is 11.6 Å². The highest BCUT2D eigenvalue weighted by molar-refractivity contribution is 8.00. The van der Waals surface area contributed by atoms with Gasteiger partial charge in [0.25, 0.3) is 0 Å². The quantitative estimate of drug-likeness (QED) is 0.791. The van der Waals surface area contributed by atoms with Crippen molar-refractivity contribution in [1.82, 2.24) is 14.9 Å². The molecular weight excluding hydrogens is 334 g/mol. The van der Waals surface area contributed by atoms with Crippen LogP contribution in [-0.4, -0.2) is 52.7 Å². The Morgan fingerprint density at radius 1 is 1.12 bits per heavy atom. The molecule has 3 rings (SSSR count). The third-order valence-electron chi connectivity index (χ3n) is 3.76. The molecule has 1 amide bonds. The average Bonchev–Trinajstić information content (AvgIpc) is 2.63. The molecule has 1 aromatic heterocycles. The van der Waals surface area contributed by atoms with Crippen LogP contribution in [0.4, 0.5) is 14.6 Å². The molecule has 0 bridgehead atoms. The van der Waals surface area contributed by atoms with Gasteiger partial charge in [0.15, 0.2) is 11.6 Å². The molecule has 1 aliphatic rings. The van der Waals surface area contributed by atoms with E-state index in [0.717, 1.165) is 18.0 Å². The Hall–Kier alpha value is -2.22. The third-order valence-corrected chi connectivity index (χ3v) is 4.74. The molecule has 1 aromatic carbocycles. The van der Waals surface area contributed by atoms with Gasteiger partial charge < -0.3 is 9.80 Å². The van der Waals surface area contributed by atoms with Crippen LogP contribution in [0.3, 0.4) is 0 Å². The second-order valence-corrected chi connectivity index (χ2v) is 6.34. The van der Waals surface area contributed by atoms with E-state index in [0.29, 0.717) is 31.1 Å². The van der Waals surface area contributed by atoms with Gasteiger partial charge in [0.05, 0.1) is 11.9 Å². The molecule has 2 aromatic rings. The van der Waals surface area contributed by atoms with Crippen LogP contribution in [0.2, 0.25) is 0 Å². The molecule has 126 valence electrons. The van der Waals surface area contributed by atoms with E-state index in [9.17, 15) is 13.6 Å². The SMILES string of the molecule is O=C(CSc1ccc(F)c(F)c1)N1CCN(c2cnccn2)CC1. The van der Waals surface area contributed by atoms with Crippen LogP contribution in [0.5, 0.6) is 0 Å². The number of amides is 1. The molecule has 0 radical (unpaired) electrons. The van der Waals surface area contributed by atoms with Gasteiger partial charge in [-0.15, -0.1) is 11.8 Å². The number of piperazine rings is 1. The summed E-state index contributed by atoms with van der Waals surface area (Å²) in [5.41, 5.74) is 0. The fourth-order valence-corrected chi connectivity index (χ4v) is 3.27. The maximum absolute atomic E-state index is 13.2. The van der Waals surface area contributed by atoms with Crippen molar-refractivity contribution in [2.45, 2.75) is 4.90 Å². The van der Waals surface area contributed by atoms with Crippen molar-refractivity contribution in [3.8, 4) is 0 Å². The van der Waals surface area contributed by atoms with Gasteiger partial charge in [-0.1, -0.05) is 0 Å². The molecule has 0 aliphatic carbocycles. The van der Waals surface area contributed by atoms with E-state index in [2.05, 4.69) is 14.9 Å². The van der Waals surface area contributed by atoms with Crippen molar-refractivity contribution in [2.75, 3.05) is 36.8 Å². The van der Waals surface area contributed by atoms with Gasteiger partial charge in [0, 0.05) is 43.5 Å². The highest BCUT2D eigenvalue weighted by Gasteiger charge is 2.22. The van der Waals surface area contributed by atoms with Crippen molar-refractivity contribution in [3.63, 3.8) is 0 Å². The summed E-state index contributed by atoms with van der Waals surface area (Å²) in [4.78, 5) is 25.0. The normalized spacial score (nSPS) is 14.8. The number of nitrogens with zero attached hydrogens (tertiary/aromatic N) is 4. The lowest BCUT2D eigenvalue weighted by Gasteiger charge is -2.35. The zero-order chi connectivity index (χ0) is 16.9. The summed E-state index contributed by atoms with van der Waals surface area (Å²) in [6.45, 7) is 2.60. The summed E-state index contributed by atoms with van der Waals surface area (Å²) in [5, 5.41) is 0. The third kappa shape index (κ3) is 4.00. The van der Waals surface area contributed by atoms with Gasteiger partial charge in [0.1, 0.15) is 5.82 Å². The van der Waals surface area contributed by atoms with Gasteiger partial charge in [-0.05, 0) is 18.2 Å². The van der Waals surface area contributed by atoms with Crippen LogP contribution in [0.25, 0.3) is 0 Å². The van der Waals surface area contributed by atoms with Crippen molar-refractivity contribution in [1.29, 1.82) is 0 Å². The van der Waals surface area contributed by atoms with Gasteiger partial charge in [-0.25, -0.2) is 13.8 Å². The topological polar surface area (TPSA) is 49.3 Å². The first-order chi connectivity index (χ1) is 11.6. The molecule has 0 spiro atoms. The zero-order valence-corrected chi connectivity index (χ0v) is 13.7. The molecule has 0 N–H and O–H groups in total. The Bertz CT molecular complexity index is 708. The average molecular weight is 350 g/mol. The number of carbonyl (C=O) groups excluding carboxylic acids is 1. The summed E-state index contributed by atoms with van der Waals surface area (Å²) in [7, 11) is 0.